The molecule has 0 bridgehead atoms. The first-order valence-corrected chi connectivity index (χ1v) is 10.0. The Morgan fingerprint density at radius 1 is 1.08 bits per heavy atom. The Kier molecular flexibility index (Phi) is 6.24. The summed E-state index contributed by atoms with van der Waals surface area (Å²) in [4.78, 5) is 2.71. The molecule has 0 spiro atoms. The number of nitrogens with one attached hydrogen (secondary N) is 1. The highest BCUT2D eigenvalue weighted by Gasteiger charge is 2.29. The molecule has 4 nitrogen and oxygen atoms in total. The molecular formula is C21H35N3O. The van der Waals surface area contributed by atoms with Gasteiger partial charge in [-0.2, -0.15) is 0 Å². The molecule has 0 unspecified atom stereocenters. The van der Waals surface area contributed by atoms with E-state index in [4.69, 9.17) is 10.5 Å². The summed E-state index contributed by atoms with van der Waals surface area (Å²) in [5.41, 5.74) is 9.33. The molecular weight excluding hydrogens is 310 g/mol. The maximum absolute atomic E-state index is 6.11. The Labute approximate surface area is 153 Å². The lowest BCUT2D eigenvalue weighted by molar-refractivity contribution is -0.0280. The number of piperidine rings is 1. The van der Waals surface area contributed by atoms with Crippen molar-refractivity contribution < 1.29 is 4.74 Å². The Bertz CT molecular complexity index is 544. The summed E-state index contributed by atoms with van der Waals surface area (Å²) in [6.07, 6.45) is 8.28. The molecule has 1 aromatic carbocycles. The van der Waals surface area contributed by atoms with Gasteiger partial charge in [0.25, 0.3) is 0 Å². The van der Waals surface area contributed by atoms with Gasteiger partial charge < -0.3 is 20.7 Å². The topological polar surface area (TPSA) is 50.5 Å². The zero-order valence-electron chi connectivity index (χ0n) is 16.1. The number of benzene rings is 1. The van der Waals surface area contributed by atoms with Crippen LogP contribution in [-0.2, 0) is 4.74 Å². The van der Waals surface area contributed by atoms with Crippen molar-refractivity contribution in [3.63, 3.8) is 0 Å². The summed E-state index contributed by atoms with van der Waals surface area (Å²) in [5.74, 6) is 0. The van der Waals surface area contributed by atoms with Crippen molar-refractivity contribution in [3.05, 3.63) is 23.8 Å². The maximum Gasteiger partial charge on any atom is 0.0579 e. The lowest BCUT2D eigenvalue weighted by Crippen LogP contribution is -2.46. The smallest absolute Gasteiger partial charge is 0.0579 e. The highest BCUT2D eigenvalue weighted by atomic mass is 16.5. The van der Waals surface area contributed by atoms with E-state index >= 15 is 0 Å². The molecule has 1 aliphatic heterocycles. The monoisotopic (exact) mass is 345 g/mol. The van der Waals surface area contributed by atoms with E-state index in [1.54, 1.807) is 0 Å². The third-order valence-electron chi connectivity index (χ3n) is 5.72. The predicted octanol–water partition coefficient (Wildman–Crippen LogP) is 4.19. The third kappa shape index (κ3) is 5.11. The Morgan fingerprint density at radius 3 is 2.40 bits per heavy atom. The van der Waals surface area contributed by atoms with Gasteiger partial charge in [-0.3, -0.25) is 0 Å². The van der Waals surface area contributed by atoms with Crippen LogP contribution >= 0.6 is 0 Å². The minimum atomic E-state index is 0.359. The largest absolute Gasteiger partial charge is 0.397 e. The van der Waals surface area contributed by atoms with Gasteiger partial charge in [0.05, 0.1) is 23.6 Å². The van der Waals surface area contributed by atoms with E-state index in [1.165, 1.54) is 57.2 Å². The molecule has 1 heterocycles. The van der Waals surface area contributed by atoms with E-state index in [9.17, 15) is 0 Å². The summed E-state index contributed by atoms with van der Waals surface area (Å²) in [7, 11) is 0. The van der Waals surface area contributed by atoms with Gasteiger partial charge in [0.2, 0.25) is 0 Å². The fourth-order valence-electron chi connectivity index (χ4n) is 4.36. The normalized spacial score (nSPS) is 26.1. The molecule has 0 radical (unpaired) electrons. The second-order valence-corrected chi connectivity index (χ2v) is 8.16. The first-order valence-electron chi connectivity index (χ1n) is 10.0. The fraction of sp³-hybridized carbons (Fsp3) is 0.714. The number of likely N-dealkylation sites (tertiary alicyclic amines) is 1. The van der Waals surface area contributed by atoms with Crippen molar-refractivity contribution in [2.45, 2.75) is 83.6 Å². The minimum absolute atomic E-state index is 0.359. The van der Waals surface area contributed by atoms with Gasteiger partial charge in [0.1, 0.15) is 0 Å². The van der Waals surface area contributed by atoms with Crippen molar-refractivity contribution in [1.29, 1.82) is 0 Å². The number of aryl methyl sites for hydroxylation is 1. The average molecular weight is 346 g/mol. The number of nitrogens with zero attached hydrogens (tertiary/aromatic N) is 1. The molecule has 0 aromatic heterocycles. The number of nitrogens with two attached hydrogens (primary N) is 1. The van der Waals surface area contributed by atoms with Crippen LogP contribution < -0.4 is 11.1 Å². The molecule has 0 atom stereocenters. The van der Waals surface area contributed by atoms with Crippen molar-refractivity contribution in [1.82, 2.24) is 4.90 Å². The van der Waals surface area contributed by atoms with Crippen molar-refractivity contribution in [2.24, 2.45) is 0 Å². The van der Waals surface area contributed by atoms with Gasteiger partial charge in [-0.25, -0.2) is 0 Å². The highest BCUT2D eigenvalue weighted by Crippen LogP contribution is 2.29. The first-order chi connectivity index (χ1) is 12.0. The third-order valence-corrected chi connectivity index (χ3v) is 5.72. The van der Waals surface area contributed by atoms with E-state index in [0.717, 1.165) is 17.4 Å². The first kappa shape index (κ1) is 18.5. The Balaban J connectivity index is 1.44. The molecule has 3 N–H and O–H groups in total. The number of anilines is 2. The van der Waals surface area contributed by atoms with Crippen LogP contribution in [0.3, 0.4) is 0 Å². The number of hydrogen-bond donors (Lipinski definition) is 2. The van der Waals surface area contributed by atoms with Gasteiger partial charge in [-0.1, -0.05) is 6.07 Å². The standard InChI is InChI=1S/C21H35N3O/c1-15(2)25-19-7-5-18(6-8-19)24-12-10-17(11-13-24)23-21-14-16(3)4-9-20(21)22/h4,9,14-15,17-19,23H,5-8,10-13,22H2,1-3H3/t18-,19+. The molecule has 2 aliphatic rings. The molecule has 0 amide bonds. The van der Waals surface area contributed by atoms with E-state index in [0.29, 0.717) is 18.2 Å². The highest BCUT2D eigenvalue weighted by molar-refractivity contribution is 5.67. The van der Waals surface area contributed by atoms with Crippen molar-refractivity contribution in [2.75, 3.05) is 24.1 Å². The van der Waals surface area contributed by atoms with Gasteiger partial charge in [0.15, 0.2) is 0 Å². The summed E-state index contributed by atoms with van der Waals surface area (Å²) >= 11 is 0. The summed E-state index contributed by atoms with van der Waals surface area (Å²) in [6.45, 7) is 8.80. The van der Waals surface area contributed by atoms with Crippen LogP contribution in [0.4, 0.5) is 11.4 Å². The number of rotatable bonds is 5. The minimum Gasteiger partial charge on any atom is -0.397 e. The molecule has 1 aromatic rings. The molecule has 140 valence electrons. The lowest BCUT2D eigenvalue weighted by atomic mass is 9.90. The second-order valence-electron chi connectivity index (χ2n) is 8.16. The van der Waals surface area contributed by atoms with Crippen LogP contribution in [0.2, 0.25) is 0 Å². The maximum atomic E-state index is 6.11. The second kappa shape index (κ2) is 8.41. The lowest BCUT2D eigenvalue weighted by Gasteiger charge is -2.41. The number of hydrogen-bond acceptors (Lipinski definition) is 4. The SMILES string of the molecule is Cc1ccc(N)c(NC2CCN([C@H]3CC[C@@H](OC(C)C)CC3)CC2)c1. The fourth-order valence-corrected chi connectivity index (χ4v) is 4.36. The Hall–Kier alpha value is -1.26. The van der Waals surface area contributed by atoms with Crippen molar-refractivity contribution >= 4 is 11.4 Å². The van der Waals surface area contributed by atoms with Gasteiger partial charge >= 0.3 is 0 Å². The van der Waals surface area contributed by atoms with E-state index in [-0.39, 0.29) is 0 Å². The molecule has 1 saturated carbocycles. The molecule has 4 heteroatoms. The molecule has 25 heavy (non-hydrogen) atoms. The number of nitrogen functional groups attached to an aromatic ring is 1. The summed E-state index contributed by atoms with van der Waals surface area (Å²) in [5, 5.41) is 3.67. The van der Waals surface area contributed by atoms with Gasteiger partial charge in [-0.05, 0) is 77.0 Å². The van der Waals surface area contributed by atoms with Gasteiger partial charge in [-0.15, -0.1) is 0 Å². The van der Waals surface area contributed by atoms with E-state index in [1.807, 2.05) is 6.07 Å². The van der Waals surface area contributed by atoms with Crippen LogP contribution in [0.15, 0.2) is 18.2 Å². The summed E-state index contributed by atoms with van der Waals surface area (Å²) in [6, 6.07) is 7.54. The summed E-state index contributed by atoms with van der Waals surface area (Å²) < 4.78 is 5.99. The molecule has 1 saturated heterocycles. The molecule has 2 fully saturated rings. The predicted molar refractivity (Wildman–Crippen MR) is 106 cm³/mol. The van der Waals surface area contributed by atoms with Crippen molar-refractivity contribution in [3.8, 4) is 0 Å². The van der Waals surface area contributed by atoms with Crippen LogP contribution in [0, 0.1) is 6.92 Å². The quantitative estimate of drug-likeness (QED) is 0.786. The van der Waals surface area contributed by atoms with Crippen LogP contribution in [-0.4, -0.2) is 42.3 Å². The van der Waals surface area contributed by atoms with Gasteiger partial charge in [0, 0.05) is 25.2 Å². The van der Waals surface area contributed by atoms with Crippen LogP contribution in [0.5, 0.6) is 0 Å². The Morgan fingerprint density at radius 2 is 1.76 bits per heavy atom. The molecule has 1 aliphatic carbocycles. The van der Waals surface area contributed by atoms with Crippen LogP contribution in [0.1, 0.15) is 57.9 Å². The van der Waals surface area contributed by atoms with E-state index in [2.05, 4.69) is 43.1 Å². The van der Waals surface area contributed by atoms with E-state index < -0.39 is 0 Å². The average Bonchev–Trinajstić information content (AvgIpc) is 2.59. The number of ether oxygens (including phenoxy) is 1. The van der Waals surface area contributed by atoms with Crippen LogP contribution in [0.25, 0.3) is 0 Å². The zero-order valence-corrected chi connectivity index (χ0v) is 16.1. The zero-order chi connectivity index (χ0) is 17.8. The molecule has 3 rings (SSSR count).